The van der Waals surface area contributed by atoms with Crippen molar-refractivity contribution in [2.75, 3.05) is 6.61 Å². The Kier molecular flexibility index (Phi) is 2.85. The van der Waals surface area contributed by atoms with Crippen molar-refractivity contribution in [1.82, 2.24) is 9.97 Å². The highest BCUT2D eigenvalue weighted by Crippen LogP contribution is 2.28. The van der Waals surface area contributed by atoms with Gasteiger partial charge in [-0.15, -0.1) is 0 Å². The number of aromatic amines is 1. The number of H-pyrrole nitrogens is 1. The van der Waals surface area contributed by atoms with Gasteiger partial charge in [0.05, 0.1) is 6.61 Å². The van der Waals surface area contributed by atoms with E-state index in [4.69, 9.17) is 4.74 Å². The molecule has 1 aromatic heterocycles. The zero-order valence-electron chi connectivity index (χ0n) is 11.1. The SMILES string of the molecule is CCc1c(C)nc(-c2ccc3c(c2)CCO3)[nH]c1=O. The van der Waals surface area contributed by atoms with Gasteiger partial charge in [-0.05, 0) is 37.1 Å². The lowest BCUT2D eigenvalue weighted by atomic mass is 10.1. The van der Waals surface area contributed by atoms with Crippen molar-refractivity contribution < 1.29 is 4.74 Å². The molecule has 0 unspecified atom stereocenters. The fraction of sp³-hybridized carbons (Fsp3) is 0.333. The van der Waals surface area contributed by atoms with Crippen molar-refractivity contribution in [1.29, 1.82) is 0 Å². The summed E-state index contributed by atoms with van der Waals surface area (Å²) in [5, 5.41) is 0. The smallest absolute Gasteiger partial charge is 0.254 e. The van der Waals surface area contributed by atoms with Crippen LogP contribution in [0.3, 0.4) is 0 Å². The van der Waals surface area contributed by atoms with Gasteiger partial charge in [0.25, 0.3) is 5.56 Å². The van der Waals surface area contributed by atoms with Crippen LogP contribution in [-0.2, 0) is 12.8 Å². The number of hydrogen-bond donors (Lipinski definition) is 1. The van der Waals surface area contributed by atoms with Crippen molar-refractivity contribution in [3.05, 3.63) is 45.4 Å². The predicted molar refractivity (Wildman–Crippen MR) is 73.6 cm³/mol. The lowest BCUT2D eigenvalue weighted by Gasteiger charge is -2.07. The molecule has 1 aliphatic heterocycles. The van der Waals surface area contributed by atoms with E-state index in [2.05, 4.69) is 9.97 Å². The van der Waals surface area contributed by atoms with Crippen LogP contribution in [0, 0.1) is 6.92 Å². The fourth-order valence-corrected chi connectivity index (χ4v) is 2.50. The third-order valence-corrected chi connectivity index (χ3v) is 3.54. The lowest BCUT2D eigenvalue weighted by Crippen LogP contribution is -2.16. The third-order valence-electron chi connectivity index (χ3n) is 3.54. The molecule has 2 aromatic rings. The topological polar surface area (TPSA) is 55.0 Å². The molecule has 0 saturated heterocycles. The normalized spacial score (nSPS) is 13.2. The second kappa shape index (κ2) is 4.53. The van der Waals surface area contributed by atoms with Crippen LogP contribution in [0.2, 0.25) is 0 Å². The van der Waals surface area contributed by atoms with E-state index in [1.165, 1.54) is 5.56 Å². The molecule has 0 spiro atoms. The first-order valence-corrected chi connectivity index (χ1v) is 6.55. The van der Waals surface area contributed by atoms with Crippen molar-refractivity contribution in [2.45, 2.75) is 26.7 Å². The second-order valence-electron chi connectivity index (χ2n) is 4.75. The Hall–Kier alpha value is -2.10. The molecular formula is C15H16N2O2. The molecule has 0 atom stereocenters. The van der Waals surface area contributed by atoms with Gasteiger partial charge in [0.1, 0.15) is 11.6 Å². The van der Waals surface area contributed by atoms with Crippen molar-refractivity contribution in [3.63, 3.8) is 0 Å². The molecule has 0 amide bonds. The van der Waals surface area contributed by atoms with E-state index in [0.717, 1.165) is 35.6 Å². The number of aromatic nitrogens is 2. The first-order valence-electron chi connectivity index (χ1n) is 6.55. The van der Waals surface area contributed by atoms with E-state index >= 15 is 0 Å². The number of aryl methyl sites for hydroxylation is 1. The van der Waals surface area contributed by atoms with Crippen molar-refractivity contribution in [2.24, 2.45) is 0 Å². The molecule has 2 heterocycles. The molecule has 0 fully saturated rings. The Balaban J connectivity index is 2.10. The summed E-state index contributed by atoms with van der Waals surface area (Å²) in [7, 11) is 0. The summed E-state index contributed by atoms with van der Waals surface area (Å²) in [6.07, 6.45) is 1.62. The summed E-state index contributed by atoms with van der Waals surface area (Å²) in [6.45, 7) is 4.58. The quantitative estimate of drug-likeness (QED) is 0.896. The molecule has 3 rings (SSSR count). The number of nitrogens with one attached hydrogen (secondary N) is 1. The van der Waals surface area contributed by atoms with Crippen LogP contribution < -0.4 is 10.3 Å². The molecule has 1 N–H and O–H groups in total. The Bertz CT molecular complexity index is 689. The molecule has 0 bridgehead atoms. The van der Waals surface area contributed by atoms with Gasteiger partial charge < -0.3 is 9.72 Å². The Morgan fingerprint density at radius 2 is 2.26 bits per heavy atom. The van der Waals surface area contributed by atoms with E-state index in [9.17, 15) is 4.79 Å². The molecule has 0 radical (unpaired) electrons. The Labute approximate surface area is 111 Å². The standard InChI is InChI=1S/C15H16N2O2/c1-3-12-9(2)16-14(17-15(12)18)11-4-5-13-10(8-11)6-7-19-13/h4-5,8H,3,6-7H2,1-2H3,(H,16,17,18). The number of fused-ring (bicyclic) bond motifs is 1. The highest BCUT2D eigenvalue weighted by Gasteiger charge is 2.14. The van der Waals surface area contributed by atoms with E-state index in [0.29, 0.717) is 12.2 Å². The van der Waals surface area contributed by atoms with Gasteiger partial charge in [0.15, 0.2) is 0 Å². The molecule has 19 heavy (non-hydrogen) atoms. The number of nitrogens with zero attached hydrogens (tertiary/aromatic N) is 1. The summed E-state index contributed by atoms with van der Waals surface area (Å²) in [5.41, 5.74) is 3.64. The van der Waals surface area contributed by atoms with E-state index in [1.807, 2.05) is 32.0 Å². The first kappa shape index (κ1) is 12.0. The van der Waals surface area contributed by atoms with Gasteiger partial charge in [0, 0.05) is 23.2 Å². The molecule has 1 aromatic carbocycles. The fourth-order valence-electron chi connectivity index (χ4n) is 2.50. The molecule has 0 aliphatic carbocycles. The van der Waals surface area contributed by atoms with Crippen molar-refractivity contribution in [3.8, 4) is 17.1 Å². The van der Waals surface area contributed by atoms with E-state index < -0.39 is 0 Å². The Morgan fingerprint density at radius 3 is 3.00 bits per heavy atom. The average Bonchev–Trinajstić information content (AvgIpc) is 2.85. The van der Waals surface area contributed by atoms with Crippen LogP contribution in [0.25, 0.3) is 11.4 Å². The predicted octanol–water partition coefficient (Wildman–Crippen LogP) is 2.24. The minimum atomic E-state index is -0.0400. The summed E-state index contributed by atoms with van der Waals surface area (Å²) >= 11 is 0. The van der Waals surface area contributed by atoms with Crippen LogP contribution >= 0.6 is 0 Å². The summed E-state index contributed by atoms with van der Waals surface area (Å²) in [6, 6.07) is 5.93. The molecular weight excluding hydrogens is 240 g/mol. The van der Waals surface area contributed by atoms with Crippen LogP contribution in [0.15, 0.2) is 23.0 Å². The molecule has 0 saturated carbocycles. The maximum atomic E-state index is 12.0. The third kappa shape index (κ3) is 2.03. The minimum absolute atomic E-state index is 0.0400. The van der Waals surface area contributed by atoms with Gasteiger partial charge in [-0.1, -0.05) is 6.92 Å². The van der Waals surface area contributed by atoms with Gasteiger partial charge in [-0.3, -0.25) is 4.79 Å². The van der Waals surface area contributed by atoms with Crippen LogP contribution in [0.5, 0.6) is 5.75 Å². The van der Waals surface area contributed by atoms with Crippen molar-refractivity contribution >= 4 is 0 Å². The van der Waals surface area contributed by atoms with Crippen LogP contribution in [0.4, 0.5) is 0 Å². The monoisotopic (exact) mass is 256 g/mol. The number of benzene rings is 1. The van der Waals surface area contributed by atoms with Gasteiger partial charge in [-0.2, -0.15) is 0 Å². The van der Waals surface area contributed by atoms with Gasteiger partial charge in [0.2, 0.25) is 0 Å². The average molecular weight is 256 g/mol. The summed E-state index contributed by atoms with van der Waals surface area (Å²) < 4.78 is 5.48. The van der Waals surface area contributed by atoms with Gasteiger partial charge >= 0.3 is 0 Å². The number of ether oxygens (including phenoxy) is 1. The van der Waals surface area contributed by atoms with E-state index in [1.54, 1.807) is 0 Å². The number of rotatable bonds is 2. The highest BCUT2D eigenvalue weighted by molar-refractivity contribution is 5.59. The lowest BCUT2D eigenvalue weighted by molar-refractivity contribution is 0.357. The summed E-state index contributed by atoms with van der Waals surface area (Å²) in [5.74, 6) is 1.57. The van der Waals surface area contributed by atoms with Crippen LogP contribution in [0.1, 0.15) is 23.7 Å². The maximum Gasteiger partial charge on any atom is 0.254 e. The second-order valence-corrected chi connectivity index (χ2v) is 4.75. The van der Waals surface area contributed by atoms with Crippen LogP contribution in [-0.4, -0.2) is 16.6 Å². The zero-order chi connectivity index (χ0) is 13.4. The maximum absolute atomic E-state index is 12.0. The first-order chi connectivity index (χ1) is 9.19. The highest BCUT2D eigenvalue weighted by atomic mass is 16.5. The largest absolute Gasteiger partial charge is 0.493 e. The van der Waals surface area contributed by atoms with Gasteiger partial charge in [-0.25, -0.2) is 4.98 Å². The summed E-state index contributed by atoms with van der Waals surface area (Å²) in [4.78, 5) is 19.4. The molecule has 98 valence electrons. The molecule has 4 heteroatoms. The molecule has 4 nitrogen and oxygen atoms in total. The number of hydrogen-bond acceptors (Lipinski definition) is 3. The zero-order valence-corrected chi connectivity index (χ0v) is 11.1. The van der Waals surface area contributed by atoms with E-state index in [-0.39, 0.29) is 5.56 Å². The minimum Gasteiger partial charge on any atom is -0.493 e. The Morgan fingerprint density at radius 1 is 1.42 bits per heavy atom. The molecule has 1 aliphatic rings.